The predicted molar refractivity (Wildman–Crippen MR) is 121 cm³/mol. The van der Waals surface area contributed by atoms with Crippen LogP contribution in [0.1, 0.15) is 18.5 Å². The highest BCUT2D eigenvalue weighted by Crippen LogP contribution is 2.34. The average Bonchev–Trinajstić information content (AvgIpc) is 3.38. The molecule has 30 heavy (non-hydrogen) atoms. The van der Waals surface area contributed by atoms with Crippen LogP contribution in [0.3, 0.4) is 0 Å². The number of fused-ring (bicyclic) bond motifs is 1. The van der Waals surface area contributed by atoms with Gasteiger partial charge in [-0.15, -0.1) is 0 Å². The molecule has 1 saturated heterocycles. The molecule has 4 aromatic rings. The first-order valence-corrected chi connectivity index (χ1v) is 10.6. The minimum atomic E-state index is 0.103. The van der Waals surface area contributed by atoms with Gasteiger partial charge in [0.15, 0.2) is 5.65 Å². The van der Waals surface area contributed by atoms with Gasteiger partial charge in [0.2, 0.25) is 0 Å². The van der Waals surface area contributed by atoms with Gasteiger partial charge in [-0.1, -0.05) is 54.1 Å². The first kappa shape index (κ1) is 19.1. The molecule has 0 radical (unpaired) electrons. The third-order valence-corrected chi connectivity index (χ3v) is 6.09. The van der Waals surface area contributed by atoms with Crippen LogP contribution in [0.25, 0.3) is 28.0 Å². The normalized spacial score (nSPS) is 16.5. The summed E-state index contributed by atoms with van der Waals surface area (Å²) >= 11 is 6.11. The molecule has 5 nitrogen and oxygen atoms in total. The van der Waals surface area contributed by atoms with Crippen LogP contribution in [0.2, 0.25) is 5.02 Å². The molecule has 1 aliphatic rings. The molecular weight excluding hydrogens is 396 g/mol. The van der Waals surface area contributed by atoms with Gasteiger partial charge in [0.25, 0.3) is 0 Å². The minimum Gasteiger partial charge on any atom is -0.394 e. The Morgan fingerprint density at radius 2 is 1.83 bits per heavy atom. The molecule has 6 heteroatoms. The van der Waals surface area contributed by atoms with E-state index in [0.29, 0.717) is 5.02 Å². The van der Waals surface area contributed by atoms with Crippen LogP contribution >= 0.6 is 11.6 Å². The van der Waals surface area contributed by atoms with Crippen molar-refractivity contribution in [1.82, 2.24) is 14.6 Å². The van der Waals surface area contributed by atoms with Crippen LogP contribution in [0.15, 0.2) is 60.7 Å². The molecule has 0 saturated carbocycles. The van der Waals surface area contributed by atoms with Crippen LogP contribution < -0.4 is 4.90 Å². The number of aromatic nitrogens is 3. The summed E-state index contributed by atoms with van der Waals surface area (Å²) in [5.41, 5.74) is 5.84. The highest BCUT2D eigenvalue weighted by molar-refractivity contribution is 6.30. The van der Waals surface area contributed by atoms with Gasteiger partial charge in [-0.3, -0.25) is 0 Å². The standard InChI is InChI=1S/C24H23ClN4O/c1-16-23(18-9-11-19(25)12-10-18)24-26-22(28-13-5-8-20(28)15-30)14-21(29(24)27-16)17-6-3-2-4-7-17/h2-4,6-7,9-12,14,20,30H,5,8,13,15H2,1H3/t20-/m0/s1. The van der Waals surface area contributed by atoms with Gasteiger partial charge in [-0.2, -0.15) is 5.10 Å². The van der Waals surface area contributed by atoms with Gasteiger partial charge in [0.1, 0.15) is 5.82 Å². The van der Waals surface area contributed by atoms with E-state index in [-0.39, 0.29) is 12.6 Å². The van der Waals surface area contributed by atoms with Gasteiger partial charge in [-0.05, 0) is 37.5 Å². The summed E-state index contributed by atoms with van der Waals surface area (Å²) in [6, 6.07) is 20.3. The molecule has 2 aromatic heterocycles. The molecule has 3 heterocycles. The summed E-state index contributed by atoms with van der Waals surface area (Å²) in [5.74, 6) is 0.882. The number of aryl methyl sites for hydroxylation is 1. The van der Waals surface area contributed by atoms with Crippen LogP contribution in [-0.2, 0) is 0 Å². The largest absolute Gasteiger partial charge is 0.394 e. The first-order valence-electron chi connectivity index (χ1n) is 10.2. The number of benzene rings is 2. The number of aliphatic hydroxyl groups is 1. The monoisotopic (exact) mass is 418 g/mol. The fraction of sp³-hybridized carbons (Fsp3) is 0.250. The van der Waals surface area contributed by atoms with E-state index >= 15 is 0 Å². The number of aliphatic hydroxyl groups excluding tert-OH is 1. The van der Waals surface area contributed by atoms with Crippen LogP contribution in [0.5, 0.6) is 0 Å². The maximum Gasteiger partial charge on any atom is 0.166 e. The van der Waals surface area contributed by atoms with E-state index < -0.39 is 0 Å². The van der Waals surface area contributed by atoms with E-state index in [2.05, 4.69) is 23.1 Å². The van der Waals surface area contributed by atoms with Crippen molar-refractivity contribution in [2.75, 3.05) is 18.1 Å². The van der Waals surface area contributed by atoms with E-state index in [1.807, 2.05) is 53.9 Å². The van der Waals surface area contributed by atoms with Gasteiger partial charge in [-0.25, -0.2) is 9.50 Å². The Morgan fingerprint density at radius 1 is 1.07 bits per heavy atom. The Hall–Kier alpha value is -2.89. The summed E-state index contributed by atoms with van der Waals surface area (Å²) in [4.78, 5) is 7.27. The van der Waals surface area contributed by atoms with Crippen molar-refractivity contribution in [3.63, 3.8) is 0 Å². The van der Waals surface area contributed by atoms with Gasteiger partial charge < -0.3 is 10.0 Å². The highest BCUT2D eigenvalue weighted by Gasteiger charge is 2.27. The lowest BCUT2D eigenvalue weighted by Gasteiger charge is -2.25. The number of hydrogen-bond acceptors (Lipinski definition) is 4. The summed E-state index contributed by atoms with van der Waals surface area (Å²) in [5, 5.41) is 15.4. The van der Waals surface area contributed by atoms with Crippen molar-refractivity contribution in [3.8, 4) is 22.4 Å². The van der Waals surface area contributed by atoms with E-state index in [0.717, 1.165) is 58.9 Å². The summed E-state index contributed by atoms with van der Waals surface area (Å²) in [6.45, 7) is 3.04. The van der Waals surface area contributed by atoms with Crippen LogP contribution in [0.4, 0.5) is 5.82 Å². The number of nitrogens with zero attached hydrogens (tertiary/aromatic N) is 4. The van der Waals surface area contributed by atoms with E-state index in [1.165, 1.54) is 0 Å². The second-order valence-corrected chi connectivity index (χ2v) is 8.18. The fourth-order valence-electron chi connectivity index (χ4n) is 4.35. The van der Waals surface area contributed by atoms with E-state index in [4.69, 9.17) is 21.7 Å². The first-order chi connectivity index (χ1) is 14.7. The smallest absolute Gasteiger partial charge is 0.166 e. The molecular formula is C24H23ClN4O. The molecule has 1 atom stereocenters. The van der Waals surface area contributed by atoms with E-state index in [9.17, 15) is 5.11 Å². The molecule has 1 N–H and O–H groups in total. The molecule has 1 aliphatic heterocycles. The quantitative estimate of drug-likeness (QED) is 0.507. The van der Waals surface area contributed by atoms with Gasteiger partial charge in [0.05, 0.1) is 24.0 Å². The van der Waals surface area contributed by atoms with Crippen molar-refractivity contribution < 1.29 is 5.11 Å². The molecule has 1 fully saturated rings. The Kier molecular flexibility index (Phi) is 4.93. The van der Waals surface area contributed by atoms with E-state index in [1.54, 1.807) is 0 Å². The fourth-order valence-corrected chi connectivity index (χ4v) is 4.48. The number of halogens is 1. The van der Waals surface area contributed by atoms with Crippen molar-refractivity contribution in [1.29, 1.82) is 0 Å². The molecule has 2 aromatic carbocycles. The van der Waals surface area contributed by atoms with Crippen LogP contribution in [-0.4, -0.2) is 38.9 Å². The Morgan fingerprint density at radius 3 is 2.57 bits per heavy atom. The lowest BCUT2D eigenvalue weighted by atomic mass is 10.1. The zero-order valence-electron chi connectivity index (χ0n) is 16.8. The minimum absolute atomic E-state index is 0.103. The summed E-state index contributed by atoms with van der Waals surface area (Å²) < 4.78 is 1.93. The second kappa shape index (κ2) is 7.74. The molecule has 5 rings (SSSR count). The van der Waals surface area contributed by atoms with Crippen molar-refractivity contribution in [2.45, 2.75) is 25.8 Å². The van der Waals surface area contributed by atoms with Crippen LogP contribution in [0, 0.1) is 6.92 Å². The Bertz CT molecular complexity index is 1190. The van der Waals surface area contributed by atoms with Gasteiger partial charge in [0, 0.05) is 28.8 Å². The second-order valence-electron chi connectivity index (χ2n) is 7.74. The average molecular weight is 419 g/mol. The lowest BCUT2D eigenvalue weighted by molar-refractivity contribution is 0.266. The maximum absolute atomic E-state index is 9.86. The predicted octanol–water partition coefficient (Wildman–Crippen LogP) is 4.99. The number of anilines is 1. The Balaban J connectivity index is 1.78. The molecule has 0 aliphatic carbocycles. The number of rotatable bonds is 4. The SMILES string of the molecule is Cc1nn2c(-c3ccccc3)cc(N3CCC[C@H]3CO)nc2c1-c1ccc(Cl)cc1. The lowest BCUT2D eigenvalue weighted by Crippen LogP contribution is -2.32. The molecule has 0 spiro atoms. The van der Waals surface area contributed by atoms with Gasteiger partial charge >= 0.3 is 0 Å². The molecule has 0 bridgehead atoms. The zero-order valence-corrected chi connectivity index (χ0v) is 17.5. The molecule has 0 amide bonds. The highest BCUT2D eigenvalue weighted by atomic mass is 35.5. The van der Waals surface area contributed by atoms with Crippen molar-refractivity contribution in [2.24, 2.45) is 0 Å². The third-order valence-electron chi connectivity index (χ3n) is 5.84. The zero-order chi connectivity index (χ0) is 20.7. The summed E-state index contributed by atoms with van der Waals surface area (Å²) in [7, 11) is 0. The maximum atomic E-state index is 9.86. The molecule has 0 unspecified atom stereocenters. The van der Waals surface area contributed by atoms with Crippen molar-refractivity contribution >= 4 is 23.1 Å². The van der Waals surface area contributed by atoms with Crippen molar-refractivity contribution in [3.05, 3.63) is 71.4 Å². The molecule has 152 valence electrons. The third kappa shape index (κ3) is 3.24. The number of hydrogen-bond donors (Lipinski definition) is 1. The Labute approximate surface area is 180 Å². The topological polar surface area (TPSA) is 53.7 Å². The summed E-state index contributed by atoms with van der Waals surface area (Å²) in [6.07, 6.45) is 2.04.